The lowest BCUT2D eigenvalue weighted by Crippen LogP contribution is -1.88. The predicted molar refractivity (Wildman–Crippen MR) is 55.2 cm³/mol. The summed E-state index contributed by atoms with van der Waals surface area (Å²) in [6, 6.07) is 5.48. The van der Waals surface area contributed by atoms with Crippen molar-refractivity contribution in [1.82, 2.24) is 0 Å². The molecule has 0 aliphatic carbocycles. The lowest BCUT2D eigenvalue weighted by atomic mass is 10.2. The maximum Gasteiger partial charge on any atom is 0.0696 e. The van der Waals surface area contributed by atoms with Crippen molar-refractivity contribution in [3.05, 3.63) is 28.8 Å². The molecule has 0 aliphatic heterocycles. The molecule has 1 aromatic carbocycles. The SMILES string of the molecule is OCCSc1ccc(CO)c(Cl)c1. The highest BCUT2D eigenvalue weighted by Gasteiger charge is 2.00. The van der Waals surface area contributed by atoms with Crippen LogP contribution >= 0.6 is 23.4 Å². The molecule has 0 saturated heterocycles. The molecule has 0 spiro atoms. The van der Waals surface area contributed by atoms with Crippen LogP contribution in [0.5, 0.6) is 0 Å². The third-order valence-corrected chi connectivity index (χ3v) is 2.88. The van der Waals surface area contributed by atoms with Gasteiger partial charge < -0.3 is 10.2 Å². The summed E-state index contributed by atoms with van der Waals surface area (Å²) in [4.78, 5) is 1.01. The molecule has 0 heterocycles. The van der Waals surface area contributed by atoms with E-state index in [0.717, 1.165) is 10.5 Å². The van der Waals surface area contributed by atoms with E-state index in [2.05, 4.69) is 0 Å². The van der Waals surface area contributed by atoms with Gasteiger partial charge in [-0.1, -0.05) is 17.7 Å². The molecule has 0 saturated carbocycles. The third-order valence-electron chi connectivity index (χ3n) is 1.55. The minimum atomic E-state index is -0.0379. The molecular weight excluding hydrogens is 208 g/mol. The molecule has 0 fully saturated rings. The molecule has 1 aromatic rings. The molecule has 0 radical (unpaired) electrons. The van der Waals surface area contributed by atoms with Crippen LogP contribution in [-0.2, 0) is 6.61 Å². The number of hydrogen-bond acceptors (Lipinski definition) is 3. The highest BCUT2D eigenvalue weighted by molar-refractivity contribution is 7.99. The summed E-state index contributed by atoms with van der Waals surface area (Å²) in [6.07, 6.45) is 0. The van der Waals surface area contributed by atoms with Crippen LogP contribution in [0.3, 0.4) is 0 Å². The Morgan fingerprint density at radius 2 is 2.08 bits per heavy atom. The summed E-state index contributed by atoms with van der Waals surface area (Å²) < 4.78 is 0. The molecule has 1 rings (SSSR count). The molecule has 2 N–H and O–H groups in total. The number of benzene rings is 1. The minimum absolute atomic E-state index is 0.0379. The van der Waals surface area contributed by atoms with E-state index in [4.69, 9.17) is 21.8 Å². The van der Waals surface area contributed by atoms with Crippen LogP contribution in [0.25, 0.3) is 0 Å². The highest BCUT2D eigenvalue weighted by atomic mass is 35.5. The first kappa shape index (κ1) is 10.9. The van der Waals surface area contributed by atoms with Crippen LogP contribution in [0.1, 0.15) is 5.56 Å². The standard InChI is InChI=1S/C9H11ClO2S/c10-9-5-8(13-4-3-11)2-1-7(9)6-12/h1-2,5,11-12H,3-4,6H2. The van der Waals surface area contributed by atoms with Gasteiger partial charge >= 0.3 is 0 Å². The minimum Gasteiger partial charge on any atom is -0.396 e. The van der Waals surface area contributed by atoms with Gasteiger partial charge in [0.05, 0.1) is 13.2 Å². The van der Waals surface area contributed by atoms with Gasteiger partial charge in [0.25, 0.3) is 0 Å². The maximum absolute atomic E-state index is 8.85. The van der Waals surface area contributed by atoms with Crippen molar-refractivity contribution in [2.75, 3.05) is 12.4 Å². The lowest BCUT2D eigenvalue weighted by molar-refractivity contribution is 0.282. The summed E-state index contributed by atoms with van der Waals surface area (Å²) in [5.74, 6) is 0.662. The Bertz CT molecular complexity index is 278. The Kier molecular flexibility index (Phi) is 4.59. The van der Waals surface area contributed by atoms with Gasteiger partial charge in [0.2, 0.25) is 0 Å². The predicted octanol–water partition coefficient (Wildman–Crippen LogP) is 1.92. The van der Waals surface area contributed by atoms with Crippen LogP contribution in [0, 0.1) is 0 Å². The summed E-state index contributed by atoms with van der Waals surface area (Å²) >= 11 is 7.41. The fourth-order valence-electron chi connectivity index (χ4n) is 0.910. The average Bonchev–Trinajstić information content (AvgIpc) is 2.15. The quantitative estimate of drug-likeness (QED) is 0.759. The van der Waals surface area contributed by atoms with Crippen LogP contribution in [0.2, 0.25) is 5.02 Å². The molecule has 2 nitrogen and oxygen atoms in total. The van der Waals surface area contributed by atoms with Crippen LogP contribution < -0.4 is 0 Å². The lowest BCUT2D eigenvalue weighted by Gasteiger charge is -2.03. The molecule has 0 aromatic heterocycles. The molecular formula is C9H11ClO2S. The number of hydrogen-bond donors (Lipinski definition) is 2. The van der Waals surface area contributed by atoms with E-state index in [1.165, 1.54) is 11.8 Å². The topological polar surface area (TPSA) is 40.5 Å². The van der Waals surface area contributed by atoms with E-state index in [0.29, 0.717) is 10.8 Å². The largest absolute Gasteiger partial charge is 0.396 e. The average molecular weight is 219 g/mol. The second kappa shape index (κ2) is 5.50. The first-order valence-electron chi connectivity index (χ1n) is 3.91. The Labute approximate surface area is 86.5 Å². The molecule has 0 amide bonds. The van der Waals surface area contributed by atoms with Gasteiger partial charge in [-0.25, -0.2) is 0 Å². The van der Waals surface area contributed by atoms with Gasteiger partial charge in [0.1, 0.15) is 0 Å². The number of aliphatic hydroxyl groups is 2. The number of rotatable bonds is 4. The van der Waals surface area contributed by atoms with Crippen LogP contribution in [-0.4, -0.2) is 22.6 Å². The van der Waals surface area contributed by atoms with Gasteiger partial charge in [-0.2, -0.15) is 0 Å². The number of thioether (sulfide) groups is 1. The van der Waals surface area contributed by atoms with Crippen molar-refractivity contribution < 1.29 is 10.2 Å². The molecule has 72 valence electrons. The second-order valence-electron chi connectivity index (χ2n) is 2.48. The third kappa shape index (κ3) is 3.19. The van der Waals surface area contributed by atoms with E-state index in [1.807, 2.05) is 6.07 Å². The van der Waals surface area contributed by atoms with Crippen molar-refractivity contribution in [3.8, 4) is 0 Å². The van der Waals surface area contributed by atoms with Crippen molar-refractivity contribution in [2.24, 2.45) is 0 Å². The van der Waals surface area contributed by atoms with E-state index >= 15 is 0 Å². The summed E-state index contributed by atoms with van der Waals surface area (Å²) in [7, 11) is 0. The zero-order chi connectivity index (χ0) is 9.68. The zero-order valence-electron chi connectivity index (χ0n) is 7.03. The van der Waals surface area contributed by atoms with Crippen molar-refractivity contribution in [1.29, 1.82) is 0 Å². The summed E-state index contributed by atoms with van der Waals surface area (Å²) in [6.45, 7) is 0.119. The van der Waals surface area contributed by atoms with Crippen molar-refractivity contribution >= 4 is 23.4 Å². The molecule has 13 heavy (non-hydrogen) atoms. The number of halogens is 1. The van der Waals surface area contributed by atoms with Gasteiger partial charge in [-0.05, 0) is 17.7 Å². The van der Waals surface area contributed by atoms with Crippen molar-refractivity contribution in [2.45, 2.75) is 11.5 Å². The normalized spacial score (nSPS) is 10.4. The fraction of sp³-hybridized carbons (Fsp3) is 0.333. The van der Waals surface area contributed by atoms with Gasteiger partial charge in [0, 0.05) is 15.7 Å². The van der Waals surface area contributed by atoms with Gasteiger partial charge in [-0.15, -0.1) is 11.8 Å². The second-order valence-corrected chi connectivity index (χ2v) is 4.06. The maximum atomic E-state index is 8.85. The fourth-order valence-corrected chi connectivity index (χ4v) is 1.91. The molecule has 0 aliphatic rings. The molecule has 4 heteroatoms. The molecule has 0 atom stereocenters. The van der Waals surface area contributed by atoms with E-state index in [-0.39, 0.29) is 13.2 Å². The Hall–Kier alpha value is -0.220. The first-order chi connectivity index (χ1) is 6.27. The Morgan fingerprint density at radius 1 is 1.31 bits per heavy atom. The highest BCUT2D eigenvalue weighted by Crippen LogP contribution is 2.24. The van der Waals surface area contributed by atoms with Crippen LogP contribution in [0.15, 0.2) is 23.1 Å². The summed E-state index contributed by atoms with van der Waals surface area (Å²) in [5.41, 5.74) is 0.731. The van der Waals surface area contributed by atoms with E-state index in [9.17, 15) is 0 Å². The van der Waals surface area contributed by atoms with Crippen LogP contribution in [0.4, 0.5) is 0 Å². The smallest absolute Gasteiger partial charge is 0.0696 e. The zero-order valence-corrected chi connectivity index (χ0v) is 8.61. The van der Waals surface area contributed by atoms with E-state index < -0.39 is 0 Å². The van der Waals surface area contributed by atoms with Crippen molar-refractivity contribution in [3.63, 3.8) is 0 Å². The Morgan fingerprint density at radius 3 is 2.62 bits per heavy atom. The Balaban J connectivity index is 2.71. The first-order valence-corrected chi connectivity index (χ1v) is 5.27. The monoisotopic (exact) mass is 218 g/mol. The summed E-state index contributed by atoms with van der Waals surface area (Å²) in [5, 5.41) is 18.0. The molecule has 0 bridgehead atoms. The van der Waals surface area contributed by atoms with E-state index in [1.54, 1.807) is 12.1 Å². The van der Waals surface area contributed by atoms with Gasteiger partial charge in [-0.3, -0.25) is 0 Å². The number of aliphatic hydroxyl groups excluding tert-OH is 2. The van der Waals surface area contributed by atoms with Gasteiger partial charge in [0.15, 0.2) is 0 Å². The molecule has 0 unspecified atom stereocenters.